The van der Waals surface area contributed by atoms with E-state index in [1.54, 1.807) is 35.7 Å². The molecule has 0 bridgehead atoms. The van der Waals surface area contributed by atoms with Crippen molar-refractivity contribution in [1.29, 1.82) is 0 Å². The van der Waals surface area contributed by atoms with Crippen molar-refractivity contribution < 1.29 is 5.11 Å². The van der Waals surface area contributed by atoms with Gasteiger partial charge in [0.1, 0.15) is 5.75 Å². The van der Waals surface area contributed by atoms with Gasteiger partial charge in [-0.25, -0.2) is 9.97 Å². The maximum Gasteiger partial charge on any atom is 0.189 e. The number of benzene rings is 1. The molecule has 0 spiro atoms. The third-order valence-electron chi connectivity index (χ3n) is 2.96. The molecule has 118 valence electrons. The van der Waals surface area contributed by atoms with Crippen LogP contribution in [0.25, 0.3) is 0 Å². The fraction of sp³-hybridized carbons (Fsp3) is 0.412. The molecule has 0 fully saturated rings. The molecule has 1 aromatic carbocycles. The number of aryl methyl sites for hydroxylation is 2. The summed E-state index contributed by atoms with van der Waals surface area (Å²) in [6.45, 7) is 10.7. The number of phenols is 1. The average Bonchev–Trinajstić information content (AvgIpc) is 2.38. The Kier molecular flexibility index (Phi) is 5.40. The van der Waals surface area contributed by atoms with Crippen molar-refractivity contribution in [1.82, 2.24) is 9.97 Å². The standard InChI is InChI=1S/C17H22N2OS2/c1-11-10-12(2)19-16(18-11)22-15(17(3,4)5)21-14-8-6-13(20)7-9-14/h6-10,15,20H,1-5H3. The topological polar surface area (TPSA) is 46.0 Å². The van der Waals surface area contributed by atoms with Crippen LogP contribution < -0.4 is 0 Å². The third-order valence-corrected chi connectivity index (χ3v) is 6.32. The third kappa shape index (κ3) is 4.92. The summed E-state index contributed by atoms with van der Waals surface area (Å²) in [7, 11) is 0. The number of rotatable bonds is 4. The van der Waals surface area contributed by atoms with E-state index in [0.717, 1.165) is 21.4 Å². The van der Waals surface area contributed by atoms with E-state index in [0.29, 0.717) is 5.75 Å². The quantitative estimate of drug-likeness (QED) is 0.481. The summed E-state index contributed by atoms with van der Waals surface area (Å²) in [5.41, 5.74) is 2.09. The Morgan fingerprint density at radius 1 is 0.955 bits per heavy atom. The summed E-state index contributed by atoms with van der Waals surface area (Å²) in [5.74, 6) is 0.293. The number of thioether (sulfide) groups is 2. The first-order valence-corrected chi connectivity index (χ1v) is 8.94. The molecule has 0 amide bonds. The highest BCUT2D eigenvalue weighted by atomic mass is 32.2. The molecule has 5 heteroatoms. The van der Waals surface area contributed by atoms with Crippen LogP contribution in [-0.2, 0) is 0 Å². The molecule has 22 heavy (non-hydrogen) atoms. The second-order valence-corrected chi connectivity index (χ2v) is 8.91. The van der Waals surface area contributed by atoms with Crippen LogP contribution in [0.2, 0.25) is 0 Å². The number of hydrogen-bond donors (Lipinski definition) is 1. The molecule has 2 aromatic rings. The number of hydrogen-bond acceptors (Lipinski definition) is 5. The predicted octanol–water partition coefficient (Wildman–Crippen LogP) is 5.06. The van der Waals surface area contributed by atoms with Crippen LogP contribution in [0.5, 0.6) is 5.75 Å². The highest BCUT2D eigenvalue weighted by Gasteiger charge is 2.28. The van der Waals surface area contributed by atoms with E-state index in [1.807, 2.05) is 32.0 Å². The monoisotopic (exact) mass is 334 g/mol. The zero-order valence-electron chi connectivity index (χ0n) is 13.6. The molecule has 0 aliphatic heterocycles. The average molecular weight is 335 g/mol. The molecule has 0 radical (unpaired) electrons. The molecule has 0 saturated carbocycles. The zero-order chi connectivity index (χ0) is 16.3. The molecule has 1 aromatic heterocycles. The van der Waals surface area contributed by atoms with Crippen LogP contribution in [0.15, 0.2) is 40.4 Å². The lowest BCUT2D eigenvalue weighted by molar-refractivity contribution is 0.459. The van der Waals surface area contributed by atoms with Gasteiger partial charge in [-0.1, -0.05) is 32.5 Å². The van der Waals surface area contributed by atoms with Crippen molar-refractivity contribution in [2.45, 2.75) is 49.3 Å². The molecule has 1 heterocycles. The van der Waals surface area contributed by atoms with Gasteiger partial charge in [0.25, 0.3) is 0 Å². The van der Waals surface area contributed by atoms with Crippen molar-refractivity contribution in [2.75, 3.05) is 0 Å². The lowest BCUT2D eigenvalue weighted by Gasteiger charge is -2.29. The van der Waals surface area contributed by atoms with Gasteiger partial charge in [-0.2, -0.15) is 0 Å². The Morgan fingerprint density at radius 2 is 1.50 bits per heavy atom. The smallest absolute Gasteiger partial charge is 0.189 e. The molecule has 0 aliphatic carbocycles. The van der Waals surface area contributed by atoms with Crippen LogP contribution in [0.4, 0.5) is 0 Å². The second-order valence-electron chi connectivity index (χ2n) is 6.36. The Bertz CT molecular complexity index is 616. The van der Waals surface area contributed by atoms with E-state index in [9.17, 15) is 5.11 Å². The lowest BCUT2D eigenvalue weighted by atomic mass is 10.0. The van der Waals surface area contributed by atoms with Gasteiger partial charge in [-0.05, 0) is 49.6 Å². The second kappa shape index (κ2) is 6.92. The first kappa shape index (κ1) is 17.2. The normalized spacial score (nSPS) is 13.1. The van der Waals surface area contributed by atoms with Crippen LogP contribution in [0.3, 0.4) is 0 Å². The summed E-state index contributed by atoms with van der Waals surface area (Å²) in [6, 6.07) is 9.33. The van der Waals surface area contributed by atoms with E-state index in [-0.39, 0.29) is 10.00 Å². The number of phenolic OH excluding ortho intramolecular Hbond substituents is 1. The van der Waals surface area contributed by atoms with Crippen LogP contribution in [0.1, 0.15) is 32.2 Å². The fourth-order valence-corrected chi connectivity index (χ4v) is 4.48. The maximum absolute atomic E-state index is 9.41. The van der Waals surface area contributed by atoms with Crippen LogP contribution in [-0.4, -0.2) is 19.7 Å². The van der Waals surface area contributed by atoms with E-state index in [2.05, 4.69) is 30.7 Å². The first-order valence-electron chi connectivity index (χ1n) is 7.19. The van der Waals surface area contributed by atoms with Crippen molar-refractivity contribution in [2.24, 2.45) is 5.41 Å². The Hall–Kier alpha value is -1.20. The van der Waals surface area contributed by atoms with Crippen molar-refractivity contribution >= 4 is 23.5 Å². The Balaban J connectivity index is 2.21. The van der Waals surface area contributed by atoms with Crippen molar-refractivity contribution in [3.8, 4) is 5.75 Å². The minimum Gasteiger partial charge on any atom is -0.508 e. The number of nitrogens with zero attached hydrogens (tertiary/aromatic N) is 2. The molecular weight excluding hydrogens is 312 g/mol. The highest BCUT2D eigenvalue weighted by molar-refractivity contribution is 8.17. The summed E-state index contributed by atoms with van der Waals surface area (Å²) in [4.78, 5) is 10.2. The summed E-state index contributed by atoms with van der Waals surface area (Å²) in [5, 5.41) is 10.2. The van der Waals surface area contributed by atoms with Crippen LogP contribution >= 0.6 is 23.5 Å². The maximum atomic E-state index is 9.41. The molecule has 3 nitrogen and oxygen atoms in total. The molecule has 2 rings (SSSR count). The van der Waals surface area contributed by atoms with E-state index in [4.69, 9.17) is 0 Å². The van der Waals surface area contributed by atoms with Gasteiger partial charge < -0.3 is 5.11 Å². The molecule has 0 aliphatic rings. The molecule has 1 N–H and O–H groups in total. The van der Waals surface area contributed by atoms with Gasteiger partial charge in [-0.3, -0.25) is 0 Å². The summed E-state index contributed by atoms with van der Waals surface area (Å²) in [6.07, 6.45) is 0. The van der Waals surface area contributed by atoms with Crippen LogP contribution in [0, 0.1) is 19.3 Å². The SMILES string of the molecule is Cc1cc(C)nc(SC(Sc2ccc(O)cc2)C(C)(C)C)n1. The fourth-order valence-electron chi connectivity index (χ4n) is 1.87. The van der Waals surface area contributed by atoms with Gasteiger partial charge in [0.15, 0.2) is 5.16 Å². The minimum atomic E-state index is 0.0915. The lowest BCUT2D eigenvalue weighted by Crippen LogP contribution is -2.20. The van der Waals surface area contributed by atoms with Gasteiger partial charge in [0.2, 0.25) is 0 Å². The van der Waals surface area contributed by atoms with E-state index < -0.39 is 0 Å². The van der Waals surface area contributed by atoms with E-state index >= 15 is 0 Å². The van der Waals surface area contributed by atoms with Gasteiger partial charge in [0, 0.05) is 16.3 Å². The zero-order valence-corrected chi connectivity index (χ0v) is 15.3. The molecule has 1 unspecified atom stereocenters. The highest BCUT2D eigenvalue weighted by Crippen LogP contribution is 2.44. The van der Waals surface area contributed by atoms with E-state index in [1.165, 1.54) is 0 Å². The Labute approximate surface area is 141 Å². The minimum absolute atomic E-state index is 0.0915. The predicted molar refractivity (Wildman–Crippen MR) is 94.6 cm³/mol. The first-order chi connectivity index (χ1) is 10.2. The van der Waals surface area contributed by atoms with Gasteiger partial charge in [-0.15, -0.1) is 11.8 Å². The van der Waals surface area contributed by atoms with Gasteiger partial charge in [0.05, 0.1) is 4.58 Å². The Morgan fingerprint density at radius 3 is 2.00 bits per heavy atom. The molecular formula is C17H22N2OS2. The molecule has 1 atom stereocenters. The summed E-state index contributed by atoms with van der Waals surface area (Å²) >= 11 is 3.48. The van der Waals surface area contributed by atoms with Gasteiger partial charge >= 0.3 is 0 Å². The van der Waals surface area contributed by atoms with Crippen molar-refractivity contribution in [3.05, 3.63) is 41.7 Å². The summed E-state index contributed by atoms with van der Waals surface area (Å²) < 4.78 is 0.276. The number of aromatic hydroxyl groups is 1. The molecule has 0 saturated heterocycles. The van der Waals surface area contributed by atoms with Crippen molar-refractivity contribution in [3.63, 3.8) is 0 Å². The number of aromatic nitrogens is 2. The largest absolute Gasteiger partial charge is 0.508 e.